The van der Waals surface area contributed by atoms with Gasteiger partial charge in [0, 0.05) is 39.1 Å². The zero-order valence-corrected chi connectivity index (χ0v) is 24.7. The first kappa shape index (κ1) is 26.1. The molecule has 0 aliphatic carbocycles. The van der Waals surface area contributed by atoms with Crippen molar-refractivity contribution in [2.24, 2.45) is 0 Å². The summed E-state index contributed by atoms with van der Waals surface area (Å²) >= 11 is 0. The summed E-state index contributed by atoms with van der Waals surface area (Å²) in [5.74, 6) is 0.647. The van der Waals surface area contributed by atoms with Gasteiger partial charge < -0.3 is 13.9 Å². The minimum Gasteiger partial charge on any atom is -0.436 e. The molecule has 0 radical (unpaired) electrons. The van der Waals surface area contributed by atoms with E-state index in [9.17, 15) is 0 Å². The van der Waals surface area contributed by atoms with Gasteiger partial charge in [-0.25, -0.2) is 4.98 Å². The van der Waals surface area contributed by atoms with E-state index < -0.39 is 0 Å². The number of fused-ring (bicyclic) bond motifs is 4. The number of aromatic nitrogens is 2. The maximum atomic E-state index is 6.28. The van der Waals surface area contributed by atoms with Crippen LogP contribution in [0.25, 0.3) is 50.0 Å². The van der Waals surface area contributed by atoms with Crippen LogP contribution in [0.3, 0.4) is 0 Å². The average molecular weight is 570 g/mol. The van der Waals surface area contributed by atoms with E-state index in [1.807, 2.05) is 0 Å². The van der Waals surface area contributed by atoms with Crippen LogP contribution in [0.1, 0.15) is 18.1 Å². The third-order valence-corrected chi connectivity index (χ3v) is 8.43. The van der Waals surface area contributed by atoms with Crippen LogP contribution in [0, 0.1) is 6.92 Å². The standard InChI is InChI=1S/C40H31N3O/c1-3-28-25-27(2)26-36-39(28)44-40(41-36)29-17-19-31(20-18-29)42(30-11-5-4-6-12-30)32-21-23-33(24-22-32)43-37-15-9-7-13-34(37)35-14-8-10-16-38(35)43/h4-26H,3H2,1-2H3. The molecule has 2 heterocycles. The number of aryl methyl sites for hydroxylation is 2. The van der Waals surface area contributed by atoms with Crippen molar-refractivity contribution in [1.82, 2.24) is 9.55 Å². The van der Waals surface area contributed by atoms with Crippen LogP contribution >= 0.6 is 0 Å². The first-order valence-electron chi connectivity index (χ1n) is 15.1. The second-order valence-electron chi connectivity index (χ2n) is 11.2. The molecule has 4 heteroatoms. The van der Waals surface area contributed by atoms with Crippen molar-refractivity contribution in [3.8, 4) is 17.1 Å². The summed E-state index contributed by atoms with van der Waals surface area (Å²) in [4.78, 5) is 7.12. The molecule has 0 atom stereocenters. The van der Waals surface area contributed by atoms with Crippen LogP contribution in [0.2, 0.25) is 0 Å². The van der Waals surface area contributed by atoms with Gasteiger partial charge in [-0.3, -0.25) is 0 Å². The number of hydrogen-bond acceptors (Lipinski definition) is 3. The van der Waals surface area contributed by atoms with Crippen LogP contribution in [-0.2, 0) is 6.42 Å². The molecule has 0 aliphatic rings. The molecule has 6 aromatic carbocycles. The predicted molar refractivity (Wildman–Crippen MR) is 183 cm³/mol. The number of oxazole rings is 1. The van der Waals surface area contributed by atoms with Gasteiger partial charge in [-0.1, -0.05) is 67.6 Å². The number of hydrogen-bond donors (Lipinski definition) is 0. The minimum absolute atomic E-state index is 0.647. The fourth-order valence-electron chi connectivity index (χ4n) is 6.37. The Morgan fingerprint density at radius 3 is 1.84 bits per heavy atom. The van der Waals surface area contributed by atoms with Crippen molar-refractivity contribution in [1.29, 1.82) is 0 Å². The Hall–Kier alpha value is -5.61. The van der Waals surface area contributed by atoms with Gasteiger partial charge in [0.1, 0.15) is 5.52 Å². The van der Waals surface area contributed by atoms with E-state index in [1.54, 1.807) is 0 Å². The van der Waals surface area contributed by atoms with E-state index in [0.29, 0.717) is 5.89 Å². The van der Waals surface area contributed by atoms with Crippen molar-refractivity contribution in [2.75, 3.05) is 4.90 Å². The quantitative estimate of drug-likeness (QED) is 0.200. The van der Waals surface area contributed by atoms with Crippen molar-refractivity contribution >= 4 is 50.0 Å². The van der Waals surface area contributed by atoms with Gasteiger partial charge in [-0.2, -0.15) is 0 Å². The molecule has 0 amide bonds. The highest BCUT2D eigenvalue weighted by Gasteiger charge is 2.17. The SMILES string of the molecule is CCc1cc(C)cc2nc(-c3ccc(N(c4ccccc4)c4ccc(-n5c6ccccc6c6ccccc65)cc4)cc3)oc12. The monoisotopic (exact) mass is 569 g/mol. The maximum absolute atomic E-state index is 6.28. The third kappa shape index (κ3) is 4.35. The first-order chi connectivity index (χ1) is 21.7. The molecule has 0 unspecified atom stereocenters. The molecule has 0 spiro atoms. The Balaban J connectivity index is 1.19. The lowest BCUT2D eigenvalue weighted by Gasteiger charge is -2.26. The van der Waals surface area contributed by atoms with Crippen LogP contribution in [-0.4, -0.2) is 9.55 Å². The van der Waals surface area contributed by atoms with Gasteiger partial charge in [0.05, 0.1) is 11.0 Å². The fourth-order valence-corrected chi connectivity index (χ4v) is 6.37. The first-order valence-corrected chi connectivity index (χ1v) is 15.1. The van der Waals surface area contributed by atoms with Gasteiger partial charge in [0.15, 0.2) is 5.58 Å². The van der Waals surface area contributed by atoms with Crippen LogP contribution in [0.15, 0.2) is 144 Å². The molecule has 0 saturated carbocycles. The topological polar surface area (TPSA) is 34.2 Å². The molecule has 2 aromatic heterocycles. The molecular weight excluding hydrogens is 538 g/mol. The second kappa shape index (κ2) is 10.6. The van der Waals surface area contributed by atoms with E-state index >= 15 is 0 Å². The summed E-state index contributed by atoms with van der Waals surface area (Å²) in [7, 11) is 0. The van der Waals surface area contributed by atoms with Gasteiger partial charge in [0.25, 0.3) is 0 Å². The van der Waals surface area contributed by atoms with E-state index in [0.717, 1.165) is 45.8 Å². The van der Waals surface area contributed by atoms with Crippen LogP contribution in [0.5, 0.6) is 0 Å². The summed E-state index contributed by atoms with van der Waals surface area (Å²) in [5.41, 5.74) is 11.9. The van der Waals surface area contributed by atoms with E-state index in [-0.39, 0.29) is 0 Å². The highest BCUT2D eigenvalue weighted by atomic mass is 16.3. The molecule has 8 rings (SSSR count). The Morgan fingerprint density at radius 2 is 1.20 bits per heavy atom. The normalized spacial score (nSPS) is 11.5. The molecule has 212 valence electrons. The Morgan fingerprint density at radius 1 is 0.636 bits per heavy atom. The maximum Gasteiger partial charge on any atom is 0.227 e. The van der Waals surface area contributed by atoms with Crippen LogP contribution in [0.4, 0.5) is 17.1 Å². The molecule has 0 aliphatic heterocycles. The largest absolute Gasteiger partial charge is 0.436 e. The third-order valence-electron chi connectivity index (χ3n) is 8.43. The fraction of sp³-hybridized carbons (Fsp3) is 0.0750. The average Bonchev–Trinajstić information content (AvgIpc) is 3.65. The molecule has 0 bridgehead atoms. The second-order valence-corrected chi connectivity index (χ2v) is 11.2. The van der Waals surface area contributed by atoms with Gasteiger partial charge in [-0.05, 0) is 103 Å². The summed E-state index contributed by atoms with van der Waals surface area (Å²) < 4.78 is 8.63. The molecule has 0 fully saturated rings. The molecule has 8 aromatic rings. The molecule has 4 nitrogen and oxygen atoms in total. The van der Waals surface area contributed by atoms with Gasteiger partial charge >= 0.3 is 0 Å². The highest BCUT2D eigenvalue weighted by molar-refractivity contribution is 6.09. The van der Waals surface area contributed by atoms with Gasteiger partial charge in [-0.15, -0.1) is 0 Å². The lowest BCUT2D eigenvalue weighted by atomic mass is 10.1. The number of rotatable bonds is 6. The zero-order chi connectivity index (χ0) is 29.6. The number of anilines is 3. The van der Waals surface area contributed by atoms with Crippen molar-refractivity contribution in [3.63, 3.8) is 0 Å². The Bertz CT molecular complexity index is 2210. The number of nitrogens with zero attached hydrogens (tertiary/aromatic N) is 3. The van der Waals surface area contributed by atoms with Crippen molar-refractivity contribution in [2.45, 2.75) is 20.3 Å². The van der Waals surface area contributed by atoms with Gasteiger partial charge in [0.2, 0.25) is 5.89 Å². The number of para-hydroxylation sites is 3. The predicted octanol–water partition coefficient (Wildman–Crippen LogP) is 10.9. The summed E-state index contributed by atoms with van der Waals surface area (Å²) in [6.07, 6.45) is 0.910. The van der Waals surface area contributed by atoms with E-state index in [4.69, 9.17) is 9.40 Å². The molecule has 0 saturated heterocycles. The summed E-state index contributed by atoms with van der Waals surface area (Å²) in [6.45, 7) is 4.26. The van der Waals surface area contributed by atoms with E-state index in [2.05, 4.69) is 163 Å². The Labute approximate surface area is 256 Å². The zero-order valence-electron chi connectivity index (χ0n) is 24.7. The lowest BCUT2D eigenvalue weighted by molar-refractivity contribution is 0.615. The minimum atomic E-state index is 0.647. The van der Waals surface area contributed by atoms with Crippen LogP contribution < -0.4 is 4.90 Å². The smallest absolute Gasteiger partial charge is 0.227 e. The van der Waals surface area contributed by atoms with Crippen molar-refractivity contribution < 1.29 is 4.42 Å². The molecular formula is C40H31N3O. The molecule has 0 N–H and O–H groups in total. The van der Waals surface area contributed by atoms with Crippen molar-refractivity contribution in [3.05, 3.63) is 151 Å². The van der Waals surface area contributed by atoms with E-state index in [1.165, 1.54) is 32.9 Å². The Kier molecular flexibility index (Phi) is 6.27. The summed E-state index contributed by atoms with van der Waals surface area (Å²) in [6, 6.07) is 49.3. The lowest BCUT2D eigenvalue weighted by Crippen LogP contribution is -2.10. The number of benzene rings is 6. The molecule has 44 heavy (non-hydrogen) atoms. The summed E-state index contributed by atoms with van der Waals surface area (Å²) in [5, 5.41) is 2.52. The highest BCUT2D eigenvalue weighted by Crippen LogP contribution is 2.38.